The number of aryl methyl sites for hydroxylation is 1. The molecule has 1 aliphatic carbocycles. The zero-order valence-electron chi connectivity index (χ0n) is 13.1. The second-order valence-corrected chi connectivity index (χ2v) is 8.44. The van der Waals surface area contributed by atoms with Crippen molar-refractivity contribution in [3.63, 3.8) is 0 Å². The summed E-state index contributed by atoms with van der Waals surface area (Å²) in [4.78, 5) is 0. The number of benzene rings is 1. The van der Waals surface area contributed by atoms with Gasteiger partial charge in [-0.3, -0.25) is 0 Å². The molecule has 1 aromatic rings. The van der Waals surface area contributed by atoms with Gasteiger partial charge in [0.1, 0.15) is 9.84 Å². The Morgan fingerprint density at radius 1 is 1.33 bits per heavy atom. The predicted molar refractivity (Wildman–Crippen MR) is 88.5 cm³/mol. The minimum Gasteiger partial charge on any atom is -0.316 e. The highest BCUT2D eigenvalue weighted by Gasteiger charge is 2.26. The Morgan fingerprint density at radius 3 is 2.81 bits per heavy atom. The molecule has 2 unspecified atom stereocenters. The van der Waals surface area contributed by atoms with Gasteiger partial charge in [-0.25, -0.2) is 8.42 Å². The van der Waals surface area contributed by atoms with Crippen LogP contribution in [0.25, 0.3) is 0 Å². The molecule has 0 spiro atoms. The summed E-state index contributed by atoms with van der Waals surface area (Å²) >= 11 is 0. The van der Waals surface area contributed by atoms with Crippen molar-refractivity contribution in [3.8, 4) is 0 Å². The standard InChI is InChI=1S/C17H27NO2S/c1-3-21(19,20)13-7-12-17(18-2)16-11-6-9-14-8-4-5-10-15(14)16/h4-5,8,10,16-18H,3,6-7,9,11-13H2,1-2H3. The van der Waals surface area contributed by atoms with Crippen molar-refractivity contribution in [1.82, 2.24) is 5.32 Å². The minimum absolute atomic E-state index is 0.253. The molecule has 0 aliphatic heterocycles. The van der Waals surface area contributed by atoms with E-state index in [1.807, 2.05) is 7.05 Å². The lowest BCUT2D eigenvalue weighted by Gasteiger charge is -2.32. The largest absolute Gasteiger partial charge is 0.316 e. The van der Waals surface area contributed by atoms with Crippen LogP contribution in [0, 0.1) is 0 Å². The molecule has 0 heterocycles. The first-order chi connectivity index (χ1) is 10.1. The van der Waals surface area contributed by atoms with Gasteiger partial charge in [0.25, 0.3) is 0 Å². The lowest BCUT2D eigenvalue weighted by Crippen LogP contribution is -2.34. The summed E-state index contributed by atoms with van der Waals surface area (Å²) in [7, 11) is -0.846. The van der Waals surface area contributed by atoms with E-state index in [0.29, 0.717) is 17.7 Å². The summed E-state index contributed by atoms with van der Waals surface area (Å²) in [6.45, 7) is 1.72. The van der Waals surface area contributed by atoms with Gasteiger partial charge < -0.3 is 5.32 Å². The van der Waals surface area contributed by atoms with Crippen molar-refractivity contribution in [2.24, 2.45) is 0 Å². The molecule has 3 nitrogen and oxygen atoms in total. The Bertz CT molecular complexity index is 554. The van der Waals surface area contributed by atoms with Crippen LogP contribution < -0.4 is 5.32 Å². The lowest BCUT2D eigenvalue weighted by atomic mass is 9.77. The van der Waals surface area contributed by atoms with E-state index in [4.69, 9.17) is 0 Å². The number of hydrogen-bond donors (Lipinski definition) is 1. The van der Waals surface area contributed by atoms with E-state index in [2.05, 4.69) is 29.6 Å². The van der Waals surface area contributed by atoms with Crippen molar-refractivity contribution < 1.29 is 8.42 Å². The maximum Gasteiger partial charge on any atom is 0.150 e. The van der Waals surface area contributed by atoms with Crippen molar-refractivity contribution in [1.29, 1.82) is 0 Å². The molecule has 21 heavy (non-hydrogen) atoms. The second kappa shape index (κ2) is 7.41. The normalized spacial score (nSPS) is 20.0. The maximum atomic E-state index is 11.6. The zero-order valence-corrected chi connectivity index (χ0v) is 14.0. The molecule has 1 N–H and O–H groups in total. The average Bonchev–Trinajstić information content (AvgIpc) is 2.51. The van der Waals surface area contributed by atoms with Crippen LogP contribution in [0.3, 0.4) is 0 Å². The van der Waals surface area contributed by atoms with Crippen LogP contribution in [-0.4, -0.2) is 33.0 Å². The van der Waals surface area contributed by atoms with Crippen molar-refractivity contribution >= 4 is 9.84 Å². The quantitative estimate of drug-likeness (QED) is 0.842. The number of fused-ring (bicyclic) bond motifs is 1. The summed E-state index contributed by atoms with van der Waals surface area (Å²) in [5, 5.41) is 3.42. The third-order valence-corrected chi connectivity index (χ3v) is 6.47. The molecule has 1 aliphatic rings. The number of nitrogens with one attached hydrogen (secondary N) is 1. The number of hydrogen-bond acceptors (Lipinski definition) is 3. The van der Waals surface area contributed by atoms with Gasteiger partial charge in [0.2, 0.25) is 0 Å². The molecule has 0 bridgehead atoms. The smallest absolute Gasteiger partial charge is 0.150 e. The van der Waals surface area contributed by atoms with Gasteiger partial charge in [-0.05, 0) is 56.2 Å². The van der Waals surface area contributed by atoms with Crippen molar-refractivity contribution in [2.75, 3.05) is 18.6 Å². The van der Waals surface area contributed by atoms with Crippen LogP contribution in [0.15, 0.2) is 24.3 Å². The Hall–Kier alpha value is -0.870. The van der Waals surface area contributed by atoms with Crippen LogP contribution in [0.1, 0.15) is 49.7 Å². The lowest BCUT2D eigenvalue weighted by molar-refractivity contribution is 0.391. The fourth-order valence-corrected chi connectivity index (χ4v) is 4.32. The highest BCUT2D eigenvalue weighted by atomic mass is 32.2. The number of rotatable bonds is 7. The number of sulfone groups is 1. The monoisotopic (exact) mass is 309 g/mol. The fourth-order valence-electron chi connectivity index (χ4n) is 3.42. The summed E-state index contributed by atoms with van der Waals surface area (Å²) in [6.07, 6.45) is 5.28. The summed E-state index contributed by atoms with van der Waals surface area (Å²) in [6, 6.07) is 9.08. The van der Waals surface area contributed by atoms with Crippen LogP contribution in [0.4, 0.5) is 0 Å². The second-order valence-electron chi connectivity index (χ2n) is 5.97. The molecule has 1 aromatic carbocycles. The predicted octanol–water partition coefficient (Wildman–Crippen LogP) is 2.91. The summed E-state index contributed by atoms with van der Waals surface area (Å²) < 4.78 is 23.2. The Morgan fingerprint density at radius 2 is 2.10 bits per heavy atom. The van der Waals surface area contributed by atoms with Gasteiger partial charge in [-0.15, -0.1) is 0 Å². The summed E-state index contributed by atoms with van der Waals surface area (Å²) in [5.74, 6) is 1.09. The average molecular weight is 309 g/mol. The SMILES string of the molecule is CCS(=O)(=O)CCCC(NC)C1CCCc2ccccc21. The molecule has 0 radical (unpaired) electrons. The molecule has 0 aromatic heterocycles. The number of likely N-dealkylation sites (N-methyl/N-ethyl adjacent to an activating group) is 1. The van der Waals surface area contributed by atoms with Gasteiger partial charge in [-0.2, -0.15) is 0 Å². The van der Waals surface area contributed by atoms with Gasteiger partial charge in [-0.1, -0.05) is 31.2 Å². The third kappa shape index (κ3) is 4.30. The van der Waals surface area contributed by atoms with Gasteiger partial charge in [0.15, 0.2) is 0 Å². The Balaban J connectivity index is 2.02. The molecular formula is C17H27NO2S. The molecule has 0 amide bonds. The van der Waals surface area contributed by atoms with Crippen LogP contribution in [0.2, 0.25) is 0 Å². The maximum absolute atomic E-state index is 11.6. The first-order valence-electron chi connectivity index (χ1n) is 8.03. The van der Waals surface area contributed by atoms with Crippen molar-refractivity contribution in [3.05, 3.63) is 35.4 Å². The molecule has 0 saturated carbocycles. The third-order valence-electron chi connectivity index (χ3n) is 4.68. The molecule has 0 fully saturated rings. The molecule has 2 rings (SSSR count). The molecule has 4 heteroatoms. The van der Waals surface area contributed by atoms with E-state index in [1.54, 1.807) is 6.92 Å². The van der Waals surface area contributed by atoms with Crippen LogP contribution >= 0.6 is 0 Å². The molecule has 118 valence electrons. The highest BCUT2D eigenvalue weighted by Crippen LogP contribution is 2.35. The van der Waals surface area contributed by atoms with E-state index in [9.17, 15) is 8.42 Å². The van der Waals surface area contributed by atoms with E-state index < -0.39 is 9.84 Å². The van der Waals surface area contributed by atoms with Crippen LogP contribution in [0.5, 0.6) is 0 Å². The van der Waals surface area contributed by atoms with E-state index in [-0.39, 0.29) is 5.75 Å². The first-order valence-corrected chi connectivity index (χ1v) is 9.85. The van der Waals surface area contributed by atoms with Gasteiger partial charge in [0, 0.05) is 11.8 Å². The topological polar surface area (TPSA) is 46.2 Å². The van der Waals surface area contributed by atoms with E-state index in [0.717, 1.165) is 12.8 Å². The fraction of sp³-hybridized carbons (Fsp3) is 0.647. The molecule has 2 atom stereocenters. The molecule has 0 saturated heterocycles. The van der Waals surface area contributed by atoms with Gasteiger partial charge in [0.05, 0.1) is 5.75 Å². The summed E-state index contributed by atoms with van der Waals surface area (Å²) in [5.41, 5.74) is 2.93. The minimum atomic E-state index is -2.84. The van der Waals surface area contributed by atoms with E-state index in [1.165, 1.54) is 30.4 Å². The van der Waals surface area contributed by atoms with Crippen LogP contribution in [-0.2, 0) is 16.3 Å². The van der Waals surface area contributed by atoms with E-state index >= 15 is 0 Å². The highest BCUT2D eigenvalue weighted by molar-refractivity contribution is 7.91. The zero-order chi connectivity index (χ0) is 15.3. The van der Waals surface area contributed by atoms with Gasteiger partial charge >= 0.3 is 0 Å². The first kappa shape index (κ1) is 16.5. The van der Waals surface area contributed by atoms with Crippen molar-refractivity contribution in [2.45, 2.75) is 51.0 Å². The Kier molecular flexibility index (Phi) is 5.82. The molecular weight excluding hydrogens is 282 g/mol. The Labute approximate surface area is 129 Å².